The predicted octanol–water partition coefficient (Wildman–Crippen LogP) is 4.42. The minimum Gasteiger partial charge on any atom is -0.322 e. The Balaban J connectivity index is 1.63. The van der Waals surface area contributed by atoms with Gasteiger partial charge < -0.3 is 5.32 Å². The van der Waals surface area contributed by atoms with Crippen LogP contribution in [0.2, 0.25) is 0 Å². The quantitative estimate of drug-likeness (QED) is 0.661. The van der Waals surface area contributed by atoms with Crippen molar-refractivity contribution < 1.29 is 22.0 Å². The Morgan fingerprint density at radius 2 is 1.83 bits per heavy atom. The van der Waals surface area contributed by atoms with Crippen molar-refractivity contribution in [2.24, 2.45) is 0 Å². The molecule has 150 valence electrons. The molecule has 0 aliphatic carbocycles. The molecule has 4 rings (SSSR count). The molecule has 1 amide bonds. The maximum Gasteiger partial charge on any atom is 0.273 e. The molecule has 2 heterocycles. The highest BCUT2D eigenvalue weighted by Crippen LogP contribution is 2.35. The van der Waals surface area contributed by atoms with Gasteiger partial charge in [0.2, 0.25) is 0 Å². The van der Waals surface area contributed by atoms with Crippen LogP contribution in [-0.2, 0) is 16.4 Å². The highest BCUT2D eigenvalue weighted by molar-refractivity contribution is 7.94. The normalized spacial score (nSPS) is 13.8. The van der Waals surface area contributed by atoms with Gasteiger partial charge in [-0.05, 0) is 60.2 Å². The summed E-state index contributed by atoms with van der Waals surface area (Å²) in [6.45, 7) is 0.360. The Morgan fingerprint density at radius 3 is 2.52 bits per heavy atom. The number of hydrogen-bond donors (Lipinski definition) is 1. The number of carbonyl (C=O) groups is 1. The molecule has 5 nitrogen and oxygen atoms in total. The van der Waals surface area contributed by atoms with Crippen molar-refractivity contribution in [1.82, 2.24) is 0 Å². The van der Waals surface area contributed by atoms with Crippen LogP contribution in [0.3, 0.4) is 0 Å². The molecule has 0 spiro atoms. The molecule has 1 aliphatic rings. The lowest BCUT2D eigenvalue weighted by Crippen LogP contribution is -2.35. The second kappa shape index (κ2) is 7.57. The van der Waals surface area contributed by atoms with E-state index >= 15 is 0 Å². The maximum absolute atomic E-state index is 13.8. The molecule has 0 radical (unpaired) electrons. The summed E-state index contributed by atoms with van der Waals surface area (Å²) in [5, 5.41) is 4.19. The lowest BCUT2D eigenvalue weighted by molar-refractivity contribution is 0.101. The van der Waals surface area contributed by atoms with Gasteiger partial charge in [0, 0.05) is 12.2 Å². The van der Waals surface area contributed by atoms with E-state index in [4.69, 9.17) is 0 Å². The number of anilines is 2. The van der Waals surface area contributed by atoms with Gasteiger partial charge in [-0.15, -0.1) is 11.3 Å². The Kier molecular flexibility index (Phi) is 5.10. The molecule has 1 N–H and O–H groups in total. The molecule has 2 aromatic carbocycles. The molecule has 0 fully saturated rings. The summed E-state index contributed by atoms with van der Waals surface area (Å²) in [6.07, 6.45) is 1.25. The summed E-state index contributed by atoms with van der Waals surface area (Å²) in [6, 6.07) is 11.2. The molecule has 3 aromatic rings. The van der Waals surface area contributed by atoms with E-state index in [0.29, 0.717) is 30.8 Å². The van der Waals surface area contributed by atoms with Gasteiger partial charge in [-0.25, -0.2) is 17.2 Å². The second-order valence-electron chi connectivity index (χ2n) is 6.51. The summed E-state index contributed by atoms with van der Waals surface area (Å²) >= 11 is 1.15. The van der Waals surface area contributed by atoms with E-state index in [2.05, 4.69) is 5.32 Å². The number of benzene rings is 2. The number of fused-ring (bicyclic) bond motifs is 1. The SMILES string of the molecule is O=C(Nc1ccc2c(c1)CCCN2S(=O)(=O)c1cccs1)c1c(F)cccc1F. The first-order valence-electron chi connectivity index (χ1n) is 8.82. The summed E-state index contributed by atoms with van der Waals surface area (Å²) in [5.41, 5.74) is 0.960. The van der Waals surface area contributed by atoms with Gasteiger partial charge in [0.05, 0.1) is 5.69 Å². The number of halogens is 2. The van der Waals surface area contributed by atoms with Gasteiger partial charge >= 0.3 is 0 Å². The lowest BCUT2D eigenvalue weighted by Gasteiger charge is -2.30. The third-order valence-electron chi connectivity index (χ3n) is 4.64. The van der Waals surface area contributed by atoms with Gasteiger partial charge in [0.25, 0.3) is 15.9 Å². The van der Waals surface area contributed by atoms with Crippen molar-refractivity contribution in [3.8, 4) is 0 Å². The Hall–Kier alpha value is -2.78. The second-order valence-corrected chi connectivity index (χ2v) is 9.54. The number of sulfonamides is 1. The standard InChI is InChI=1S/C20H16F2N2O3S2/c21-15-5-1-6-16(22)19(15)20(25)23-14-8-9-17-13(12-14)4-2-10-24(17)29(26,27)18-7-3-11-28-18/h1,3,5-9,11-12H,2,4,10H2,(H,23,25). The topological polar surface area (TPSA) is 66.5 Å². The minimum atomic E-state index is -3.66. The fourth-order valence-corrected chi connectivity index (χ4v) is 5.96. The molecule has 9 heteroatoms. The largest absolute Gasteiger partial charge is 0.322 e. The monoisotopic (exact) mass is 434 g/mol. The van der Waals surface area contributed by atoms with Gasteiger partial charge in [-0.3, -0.25) is 9.10 Å². The molecule has 29 heavy (non-hydrogen) atoms. The molecule has 0 atom stereocenters. The lowest BCUT2D eigenvalue weighted by atomic mass is 10.0. The van der Waals surface area contributed by atoms with Crippen LogP contribution in [0.1, 0.15) is 22.3 Å². The van der Waals surface area contributed by atoms with Crippen LogP contribution in [0, 0.1) is 11.6 Å². The number of carbonyl (C=O) groups excluding carboxylic acids is 1. The van der Waals surface area contributed by atoms with Crippen molar-refractivity contribution in [3.05, 3.63) is 76.7 Å². The molecular formula is C20H16F2N2O3S2. The van der Waals surface area contributed by atoms with Gasteiger partial charge in [-0.1, -0.05) is 12.1 Å². The Bertz CT molecular complexity index is 1160. The molecule has 0 unspecified atom stereocenters. The van der Waals surface area contributed by atoms with Crippen molar-refractivity contribution in [2.75, 3.05) is 16.2 Å². The molecular weight excluding hydrogens is 418 g/mol. The number of amides is 1. The van der Waals surface area contributed by atoms with Crippen LogP contribution in [0.5, 0.6) is 0 Å². The Labute approximate surface area is 170 Å². The van der Waals surface area contributed by atoms with E-state index in [1.54, 1.807) is 29.6 Å². The number of rotatable bonds is 4. The first kappa shape index (κ1) is 19.5. The molecule has 1 aliphatic heterocycles. The van der Waals surface area contributed by atoms with Crippen molar-refractivity contribution >= 4 is 38.6 Å². The van der Waals surface area contributed by atoms with Crippen molar-refractivity contribution in [2.45, 2.75) is 17.1 Å². The van der Waals surface area contributed by atoms with Gasteiger partial charge in [-0.2, -0.15) is 0 Å². The maximum atomic E-state index is 13.8. The van der Waals surface area contributed by atoms with Crippen LogP contribution >= 0.6 is 11.3 Å². The van der Waals surface area contributed by atoms with Crippen LogP contribution < -0.4 is 9.62 Å². The van der Waals surface area contributed by atoms with Gasteiger partial charge in [0.1, 0.15) is 21.4 Å². The fourth-order valence-electron chi connectivity index (χ4n) is 3.32. The van der Waals surface area contributed by atoms with Crippen molar-refractivity contribution in [3.63, 3.8) is 0 Å². The summed E-state index contributed by atoms with van der Waals surface area (Å²) in [7, 11) is -3.66. The molecule has 0 saturated heterocycles. The van der Waals surface area contributed by atoms with Crippen LogP contribution in [0.15, 0.2) is 58.1 Å². The van der Waals surface area contributed by atoms with Crippen LogP contribution in [0.25, 0.3) is 0 Å². The van der Waals surface area contributed by atoms with Gasteiger partial charge in [0.15, 0.2) is 0 Å². The zero-order valence-corrected chi connectivity index (χ0v) is 16.7. The summed E-state index contributed by atoms with van der Waals surface area (Å²) in [5.74, 6) is -2.80. The Morgan fingerprint density at radius 1 is 1.07 bits per heavy atom. The summed E-state index contributed by atoms with van der Waals surface area (Å²) in [4.78, 5) is 12.3. The average Bonchev–Trinajstić information content (AvgIpc) is 3.23. The molecule has 0 saturated carbocycles. The number of nitrogens with zero attached hydrogens (tertiary/aromatic N) is 1. The fraction of sp³-hybridized carbons (Fsp3) is 0.150. The third-order valence-corrected chi connectivity index (χ3v) is 7.83. The average molecular weight is 434 g/mol. The summed E-state index contributed by atoms with van der Waals surface area (Å²) < 4.78 is 55.1. The van der Waals surface area contributed by atoms with E-state index in [1.165, 1.54) is 16.4 Å². The van der Waals surface area contributed by atoms with E-state index in [-0.39, 0.29) is 4.21 Å². The van der Waals surface area contributed by atoms with E-state index in [9.17, 15) is 22.0 Å². The number of thiophene rings is 1. The van der Waals surface area contributed by atoms with Crippen LogP contribution in [0.4, 0.5) is 20.2 Å². The molecule has 0 bridgehead atoms. The van der Waals surface area contributed by atoms with E-state index in [1.807, 2.05) is 0 Å². The van der Waals surface area contributed by atoms with Crippen molar-refractivity contribution in [1.29, 1.82) is 0 Å². The predicted molar refractivity (Wildman–Crippen MR) is 108 cm³/mol. The highest BCUT2D eigenvalue weighted by atomic mass is 32.2. The molecule has 1 aromatic heterocycles. The highest BCUT2D eigenvalue weighted by Gasteiger charge is 2.30. The number of nitrogens with one attached hydrogen (secondary N) is 1. The number of aryl methyl sites for hydroxylation is 1. The first-order valence-corrected chi connectivity index (χ1v) is 11.1. The first-order chi connectivity index (χ1) is 13.9. The van der Waals surface area contributed by atoms with E-state index in [0.717, 1.165) is 29.0 Å². The minimum absolute atomic E-state index is 0.262. The zero-order valence-electron chi connectivity index (χ0n) is 15.1. The van der Waals surface area contributed by atoms with Crippen LogP contribution in [-0.4, -0.2) is 20.9 Å². The zero-order chi connectivity index (χ0) is 20.6. The third kappa shape index (κ3) is 3.63. The smallest absolute Gasteiger partial charge is 0.273 e. The van der Waals surface area contributed by atoms with E-state index < -0.39 is 33.1 Å². The number of hydrogen-bond acceptors (Lipinski definition) is 4.